The molecule has 1 aromatic heterocycles. The van der Waals surface area contributed by atoms with E-state index in [0.29, 0.717) is 12.2 Å². The van der Waals surface area contributed by atoms with Gasteiger partial charge in [-0.15, -0.1) is 13.2 Å². The minimum absolute atomic E-state index is 0.0301. The zero-order valence-corrected chi connectivity index (χ0v) is 12.5. The number of hydrogen-bond donors (Lipinski definition) is 1. The maximum Gasteiger partial charge on any atom is 0.533 e. The van der Waals surface area contributed by atoms with Gasteiger partial charge in [0.05, 0.1) is 5.70 Å². The van der Waals surface area contributed by atoms with Gasteiger partial charge in [-0.3, -0.25) is 0 Å². The average Bonchev–Trinajstić information content (AvgIpc) is 2.85. The number of halogens is 3. The Bertz CT molecular complexity index is 740. The first-order valence-corrected chi connectivity index (χ1v) is 7.00. The molecule has 0 amide bonds. The van der Waals surface area contributed by atoms with Crippen LogP contribution in [0.2, 0.25) is 0 Å². The number of nitrogens with zero attached hydrogens (tertiary/aromatic N) is 3. The summed E-state index contributed by atoms with van der Waals surface area (Å²) in [6.07, 6.45) is 1.66. The number of allylic oxidation sites excluding steroid dienone is 4. The van der Waals surface area contributed by atoms with E-state index in [0.717, 1.165) is 5.57 Å². The van der Waals surface area contributed by atoms with Crippen LogP contribution >= 0.6 is 12.0 Å². The molecule has 23 heavy (non-hydrogen) atoms. The van der Waals surface area contributed by atoms with E-state index < -0.39 is 6.36 Å². The molecule has 1 aromatic rings. The van der Waals surface area contributed by atoms with Gasteiger partial charge in [0.2, 0.25) is 0 Å². The quantitative estimate of drug-likeness (QED) is 0.843. The molecule has 0 aliphatic carbocycles. The van der Waals surface area contributed by atoms with Gasteiger partial charge in [0.25, 0.3) is 0 Å². The van der Waals surface area contributed by atoms with Crippen molar-refractivity contribution in [3.05, 3.63) is 48.7 Å². The van der Waals surface area contributed by atoms with E-state index in [4.69, 9.17) is 5.26 Å². The van der Waals surface area contributed by atoms with Crippen LogP contribution < -0.4 is 5.32 Å². The molecule has 0 saturated heterocycles. The van der Waals surface area contributed by atoms with Crippen molar-refractivity contribution in [3.8, 4) is 6.07 Å². The highest BCUT2D eigenvalue weighted by molar-refractivity contribution is 7.95. The van der Waals surface area contributed by atoms with Gasteiger partial charge in [0, 0.05) is 18.6 Å². The van der Waals surface area contributed by atoms with Crippen molar-refractivity contribution in [1.29, 1.82) is 5.26 Å². The second-order valence-corrected chi connectivity index (χ2v) is 4.97. The predicted molar refractivity (Wildman–Crippen MR) is 81.2 cm³/mol. The summed E-state index contributed by atoms with van der Waals surface area (Å²) in [4.78, 5) is -0.0301. The first-order valence-electron chi connectivity index (χ1n) is 6.25. The van der Waals surface area contributed by atoms with Crippen LogP contribution in [0.5, 0.6) is 0 Å². The molecule has 0 unspecified atom stereocenters. The maximum absolute atomic E-state index is 12.3. The van der Waals surface area contributed by atoms with Crippen molar-refractivity contribution >= 4 is 23.6 Å². The zero-order valence-electron chi connectivity index (χ0n) is 11.7. The van der Waals surface area contributed by atoms with E-state index in [9.17, 15) is 13.2 Å². The van der Waals surface area contributed by atoms with Gasteiger partial charge in [-0.25, -0.2) is 8.86 Å². The molecule has 1 aliphatic rings. The van der Waals surface area contributed by atoms with Gasteiger partial charge in [0.1, 0.15) is 16.8 Å². The highest BCUT2D eigenvalue weighted by Crippen LogP contribution is 2.39. The van der Waals surface area contributed by atoms with Crippen molar-refractivity contribution in [2.45, 2.75) is 11.3 Å². The molecule has 9 heteroatoms. The Kier molecular flexibility index (Phi) is 4.98. The molecular weight excluding hydrogens is 329 g/mol. The minimum Gasteiger partial charge on any atom is -0.365 e. The summed E-state index contributed by atoms with van der Waals surface area (Å²) in [7, 11) is 0. The number of nitriles is 1. The Balaban J connectivity index is 2.51. The van der Waals surface area contributed by atoms with E-state index in [-0.39, 0.29) is 28.5 Å². The van der Waals surface area contributed by atoms with Crippen LogP contribution in [0, 0.1) is 11.3 Å². The highest BCUT2D eigenvalue weighted by atomic mass is 32.2. The fourth-order valence-electron chi connectivity index (χ4n) is 1.96. The van der Waals surface area contributed by atoms with E-state index in [1.54, 1.807) is 24.3 Å². The lowest BCUT2D eigenvalue weighted by molar-refractivity contribution is -0.266. The van der Waals surface area contributed by atoms with E-state index in [1.165, 1.54) is 10.8 Å². The Labute approximate surface area is 134 Å². The molecule has 0 saturated carbocycles. The largest absolute Gasteiger partial charge is 0.533 e. The van der Waals surface area contributed by atoms with Crippen molar-refractivity contribution in [2.24, 2.45) is 0 Å². The summed E-state index contributed by atoms with van der Waals surface area (Å²) in [6.45, 7) is 7.55. The van der Waals surface area contributed by atoms with Crippen LogP contribution in [0.1, 0.15) is 5.69 Å². The molecule has 2 rings (SSSR count). The Hall–Kier alpha value is -2.44. The van der Waals surface area contributed by atoms with Crippen molar-refractivity contribution in [3.63, 3.8) is 0 Å². The second-order valence-electron chi connectivity index (χ2n) is 4.23. The van der Waals surface area contributed by atoms with Gasteiger partial charge >= 0.3 is 6.36 Å². The average molecular weight is 340 g/mol. The van der Waals surface area contributed by atoms with Crippen molar-refractivity contribution in [2.75, 3.05) is 11.9 Å². The zero-order chi connectivity index (χ0) is 17.0. The SMILES string of the molecule is C=C/C=C1/CNc2c(SOC(F)(F)F)c(C#N)nn2/C1=C/C=C. The lowest BCUT2D eigenvalue weighted by Crippen LogP contribution is -2.20. The van der Waals surface area contributed by atoms with Crippen LogP contribution in [0.25, 0.3) is 5.70 Å². The molecule has 0 fully saturated rings. The maximum atomic E-state index is 12.3. The predicted octanol–water partition coefficient (Wildman–Crippen LogP) is 3.86. The van der Waals surface area contributed by atoms with Gasteiger partial charge in [-0.05, 0) is 11.6 Å². The summed E-state index contributed by atoms with van der Waals surface area (Å²) in [5.74, 6) is 0.255. The first kappa shape index (κ1) is 16.9. The van der Waals surface area contributed by atoms with Crippen LogP contribution in [-0.4, -0.2) is 22.7 Å². The standard InChI is InChI=1S/C14H11F3N4OS/c1-3-5-9-8-19-13-12(23-22-14(15,16)17)10(7-18)20-21(13)11(9)6-4-2/h3-6,19H,1-2,8H2/b9-5-,11-6+. The molecule has 0 radical (unpaired) electrons. The third kappa shape index (κ3) is 3.67. The Morgan fingerprint density at radius 3 is 2.61 bits per heavy atom. The van der Waals surface area contributed by atoms with E-state index in [2.05, 4.69) is 27.8 Å². The molecular formula is C14H11F3N4OS. The number of fused-ring (bicyclic) bond motifs is 1. The fourth-order valence-corrected chi connectivity index (χ4v) is 2.54. The summed E-state index contributed by atoms with van der Waals surface area (Å²) < 4.78 is 41.9. The lowest BCUT2D eigenvalue weighted by Gasteiger charge is -2.22. The Morgan fingerprint density at radius 2 is 2.04 bits per heavy atom. The van der Waals surface area contributed by atoms with Gasteiger partial charge < -0.3 is 5.32 Å². The van der Waals surface area contributed by atoms with Crippen LogP contribution in [-0.2, 0) is 4.18 Å². The molecule has 2 heterocycles. The Morgan fingerprint density at radius 1 is 1.35 bits per heavy atom. The van der Waals surface area contributed by atoms with Crippen LogP contribution in [0.4, 0.5) is 19.0 Å². The summed E-state index contributed by atoms with van der Waals surface area (Å²) in [6, 6.07) is 1.77. The van der Waals surface area contributed by atoms with Crippen LogP contribution in [0.3, 0.4) is 0 Å². The normalized spacial score (nSPS) is 17.5. The summed E-state index contributed by atoms with van der Waals surface area (Å²) in [5.41, 5.74) is 1.22. The number of anilines is 1. The first-order chi connectivity index (χ1) is 10.9. The third-order valence-electron chi connectivity index (χ3n) is 2.77. The number of alkyl halides is 3. The van der Waals surface area contributed by atoms with Crippen molar-refractivity contribution < 1.29 is 17.4 Å². The van der Waals surface area contributed by atoms with Gasteiger partial charge in [-0.2, -0.15) is 10.4 Å². The van der Waals surface area contributed by atoms with Gasteiger partial charge in [-0.1, -0.05) is 31.4 Å². The third-order valence-corrected chi connectivity index (χ3v) is 3.59. The molecule has 0 atom stereocenters. The molecule has 1 N–H and O–H groups in total. The second kappa shape index (κ2) is 6.76. The summed E-state index contributed by atoms with van der Waals surface area (Å²) in [5, 5.41) is 16.1. The van der Waals surface area contributed by atoms with E-state index >= 15 is 0 Å². The number of nitrogens with one attached hydrogen (secondary N) is 1. The molecule has 0 spiro atoms. The number of hydrogen-bond acceptors (Lipinski definition) is 5. The fraction of sp³-hybridized carbons (Fsp3) is 0.143. The monoisotopic (exact) mass is 340 g/mol. The van der Waals surface area contributed by atoms with E-state index in [1.807, 2.05) is 0 Å². The lowest BCUT2D eigenvalue weighted by atomic mass is 10.1. The van der Waals surface area contributed by atoms with Crippen LogP contribution in [0.15, 0.2) is 47.9 Å². The van der Waals surface area contributed by atoms with Gasteiger partial charge in [0.15, 0.2) is 5.69 Å². The topological polar surface area (TPSA) is 62.9 Å². The smallest absolute Gasteiger partial charge is 0.365 e. The summed E-state index contributed by atoms with van der Waals surface area (Å²) >= 11 is 0.0486. The molecule has 0 bridgehead atoms. The number of rotatable bonds is 4. The molecule has 1 aliphatic heterocycles. The minimum atomic E-state index is -4.82. The molecule has 120 valence electrons. The van der Waals surface area contributed by atoms with Crippen molar-refractivity contribution in [1.82, 2.24) is 9.78 Å². The number of aromatic nitrogens is 2. The molecule has 0 aromatic carbocycles. The molecule has 5 nitrogen and oxygen atoms in total. The highest BCUT2D eigenvalue weighted by Gasteiger charge is 2.33.